The van der Waals surface area contributed by atoms with Crippen LogP contribution in [0.15, 0.2) is 61.2 Å². The smallest absolute Gasteiger partial charge is 0.291 e. The number of nitrogens with zero attached hydrogens (tertiary/aromatic N) is 2. The molecule has 0 atom stereocenters. The number of carbonyl (C=O) groups is 1. The van der Waals surface area contributed by atoms with Crippen LogP contribution in [0.1, 0.15) is 15.9 Å². The first kappa shape index (κ1) is 17.9. The molecule has 4 nitrogen and oxygen atoms in total. The third-order valence-corrected chi connectivity index (χ3v) is 4.00. The predicted octanol–water partition coefficient (Wildman–Crippen LogP) is 3.47. The van der Waals surface area contributed by atoms with Crippen LogP contribution in [0.3, 0.4) is 0 Å². The number of aromatic nitrogens is 2. The van der Waals surface area contributed by atoms with Crippen molar-refractivity contribution in [3.63, 3.8) is 0 Å². The van der Waals surface area contributed by atoms with Crippen LogP contribution in [0, 0.1) is 6.92 Å². The standard InChI is InChI=1S/C19H19N3O.BrH/c1-3-12-21-16-6-4-5-7-17(16)22(19(21)20)13-18(23)15-10-8-14(2)9-11-15;/h3-11,20H,1,12-13H2,2H3;1H/p+1. The maximum Gasteiger partial charge on any atom is 0.356 e. The SMILES string of the molecule is Br.C=CCn1c(N)[n+](CC(=O)c2ccc(C)cc2)c2ccccc21. The van der Waals surface area contributed by atoms with Crippen molar-refractivity contribution in [1.82, 2.24) is 4.57 Å². The molecule has 0 aliphatic carbocycles. The number of aryl methyl sites for hydroxylation is 1. The van der Waals surface area contributed by atoms with Gasteiger partial charge < -0.3 is 0 Å². The molecule has 124 valence electrons. The summed E-state index contributed by atoms with van der Waals surface area (Å²) >= 11 is 0. The van der Waals surface area contributed by atoms with Crippen molar-refractivity contribution in [2.75, 3.05) is 5.73 Å². The number of imidazole rings is 1. The Morgan fingerprint density at radius 3 is 2.54 bits per heavy atom. The van der Waals surface area contributed by atoms with E-state index in [1.807, 2.05) is 64.6 Å². The lowest BCUT2D eigenvalue weighted by molar-refractivity contribution is -0.642. The normalized spacial score (nSPS) is 10.4. The third kappa shape index (κ3) is 3.26. The van der Waals surface area contributed by atoms with Gasteiger partial charge in [0.05, 0.1) is 6.54 Å². The van der Waals surface area contributed by atoms with Gasteiger partial charge in [-0.3, -0.25) is 10.5 Å². The number of benzene rings is 2. The fraction of sp³-hybridized carbons (Fsp3) is 0.158. The molecule has 1 heterocycles. The zero-order valence-electron chi connectivity index (χ0n) is 13.6. The Morgan fingerprint density at radius 2 is 1.88 bits per heavy atom. The number of nitrogen functional groups attached to an aromatic ring is 1. The third-order valence-electron chi connectivity index (χ3n) is 4.00. The molecular formula is C19H21BrN3O+. The molecule has 0 bridgehead atoms. The van der Waals surface area contributed by atoms with Crippen LogP contribution < -0.4 is 10.3 Å². The summed E-state index contributed by atoms with van der Waals surface area (Å²) in [5, 5.41) is 0. The van der Waals surface area contributed by atoms with Crippen molar-refractivity contribution < 1.29 is 9.36 Å². The Labute approximate surface area is 152 Å². The number of anilines is 1. The average Bonchev–Trinajstić information content (AvgIpc) is 2.82. The average molecular weight is 387 g/mol. The van der Waals surface area contributed by atoms with Gasteiger partial charge in [0.15, 0.2) is 5.78 Å². The van der Waals surface area contributed by atoms with Gasteiger partial charge in [-0.1, -0.05) is 54.6 Å². The zero-order valence-corrected chi connectivity index (χ0v) is 15.3. The number of rotatable bonds is 5. The van der Waals surface area contributed by atoms with E-state index in [1.165, 1.54) is 0 Å². The van der Waals surface area contributed by atoms with Gasteiger partial charge >= 0.3 is 5.95 Å². The maximum absolute atomic E-state index is 12.6. The number of carbonyl (C=O) groups excluding carboxylic acids is 1. The molecule has 1 aromatic heterocycles. The highest BCUT2D eigenvalue weighted by atomic mass is 79.9. The summed E-state index contributed by atoms with van der Waals surface area (Å²) in [5.41, 5.74) is 10.1. The second-order valence-corrected chi connectivity index (χ2v) is 5.62. The van der Waals surface area contributed by atoms with Crippen LogP contribution in [-0.4, -0.2) is 10.4 Å². The van der Waals surface area contributed by atoms with E-state index >= 15 is 0 Å². The molecule has 0 saturated heterocycles. The molecule has 0 aliphatic heterocycles. The highest BCUT2D eigenvalue weighted by molar-refractivity contribution is 8.93. The number of hydrogen-bond acceptors (Lipinski definition) is 2. The Morgan fingerprint density at radius 1 is 1.21 bits per heavy atom. The summed E-state index contributed by atoms with van der Waals surface area (Å²) in [4.78, 5) is 12.6. The predicted molar refractivity (Wildman–Crippen MR) is 103 cm³/mol. The quantitative estimate of drug-likeness (QED) is 0.414. The minimum absolute atomic E-state index is 0. The molecule has 0 saturated carbocycles. The van der Waals surface area contributed by atoms with Crippen LogP contribution in [0.2, 0.25) is 0 Å². The first-order valence-corrected chi connectivity index (χ1v) is 7.59. The van der Waals surface area contributed by atoms with Gasteiger partial charge in [-0.15, -0.1) is 17.0 Å². The molecule has 3 rings (SSSR count). The number of nitrogens with two attached hydrogens (primary N) is 1. The molecule has 3 aromatic rings. The van der Waals surface area contributed by atoms with E-state index in [-0.39, 0.29) is 29.3 Å². The molecular weight excluding hydrogens is 366 g/mol. The number of halogens is 1. The molecule has 0 unspecified atom stereocenters. The summed E-state index contributed by atoms with van der Waals surface area (Å²) in [6, 6.07) is 15.5. The molecule has 2 N–H and O–H groups in total. The van der Waals surface area contributed by atoms with Gasteiger partial charge in [0, 0.05) is 5.56 Å². The summed E-state index contributed by atoms with van der Waals surface area (Å²) in [6.07, 6.45) is 1.80. The topological polar surface area (TPSA) is 51.9 Å². The van der Waals surface area contributed by atoms with Crippen molar-refractivity contribution in [2.24, 2.45) is 0 Å². The van der Waals surface area contributed by atoms with Gasteiger partial charge in [-0.25, -0.2) is 9.13 Å². The van der Waals surface area contributed by atoms with Crippen LogP contribution in [0.4, 0.5) is 5.95 Å². The van der Waals surface area contributed by atoms with Crippen LogP contribution in [0.5, 0.6) is 0 Å². The lowest BCUT2D eigenvalue weighted by atomic mass is 10.1. The van der Waals surface area contributed by atoms with Crippen LogP contribution in [0.25, 0.3) is 11.0 Å². The van der Waals surface area contributed by atoms with E-state index in [0.29, 0.717) is 18.1 Å². The van der Waals surface area contributed by atoms with Crippen molar-refractivity contribution in [2.45, 2.75) is 20.0 Å². The molecule has 0 fully saturated rings. The van der Waals surface area contributed by atoms with Crippen LogP contribution in [-0.2, 0) is 13.1 Å². The van der Waals surface area contributed by atoms with Crippen molar-refractivity contribution >= 4 is 39.7 Å². The van der Waals surface area contributed by atoms with Crippen molar-refractivity contribution in [1.29, 1.82) is 0 Å². The Hall–Kier alpha value is -2.40. The Bertz CT molecular complexity index is 882. The zero-order chi connectivity index (χ0) is 16.4. The second kappa shape index (κ2) is 7.45. The lowest BCUT2D eigenvalue weighted by Gasteiger charge is -2.02. The lowest BCUT2D eigenvalue weighted by Crippen LogP contribution is -2.40. The fourth-order valence-electron chi connectivity index (χ4n) is 2.77. The molecule has 0 aliphatic rings. The Kier molecular flexibility index (Phi) is 5.57. The summed E-state index contributed by atoms with van der Waals surface area (Å²) in [5.74, 6) is 0.606. The Balaban J connectivity index is 0.00000208. The van der Waals surface area contributed by atoms with E-state index in [9.17, 15) is 4.79 Å². The summed E-state index contributed by atoms with van der Waals surface area (Å²) < 4.78 is 3.83. The maximum atomic E-state index is 12.6. The van der Waals surface area contributed by atoms with E-state index in [0.717, 1.165) is 16.6 Å². The molecule has 2 aromatic carbocycles. The van der Waals surface area contributed by atoms with E-state index in [2.05, 4.69) is 6.58 Å². The number of fused-ring (bicyclic) bond motifs is 1. The largest absolute Gasteiger partial charge is 0.356 e. The van der Waals surface area contributed by atoms with E-state index < -0.39 is 0 Å². The molecule has 0 radical (unpaired) electrons. The first-order valence-electron chi connectivity index (χ1n) is 7.59. The fourth-order valence-corrected chi connectivity index (χ4v) is 2.77. The van der Waals surface area contributed by atoms with E-state index in [1.54, 1.807) is 6.08 Å². The molecule has 5 heteroatoms. The van der Waals surface area contributed by atoms with Gasteiger partial charge in [0.1, 0.15) is 17.6 Å². The molecule has 0 spiro atoms. The van der Waals surface area contributed by atoms with Gasteiger partial charge in [-0.2, -0.15) is 0 Å². The number of Topliss-reactive ketones (excluding diaryl/α,β-unsaturated/α-hetero) is 1. The number of ketones is 1. The van der Waals surface area contributed by atoms with Crippen molar-refractivity contribution in [3.8, 4) is 0 Å². The summed E-state index contributed by atoms with van der Waals surface area (Å²) in [6.45, 7) is 6.61. The summed E-state index contributed by atoms with van der Waals surface area (Å²) in [7, 11) is 0. The monoisotopic (exact) mass is 386 g/mol. The number of allylic oxidation sites excluding steroid dienone is 1. The van der Waals surface area contributed by atoms with Gasteiger partial charge in [0.25, 0.3) is 0 Å². The van der Waals surface area contributed by atoms with Gasteiger partial charge in [0.2, 0.25) is 0 Å². The minimum Gasteiger partial charge on any atom is -0.291 e. The highest BCUT2D eigenvalue weighted by Crippen LogP contribution is 2.16. The number of para-hydroxylation sites is 2. The molecule has 24 heavy (non-hydrogen) atoms. The van der Waals surface area contributed by atoms with Crippen LogP contribution >= 0.6 is 17.0 Å². The second-order valence-electron chi connectivity index (χ2n) is 5.62. The number of hydrogen-bond donors (Lipinski definition) is 1. The highest BCUT2D eigenvalue weighted by Gasteiger charge is 2.22. The van der Waals surface area contributed by atoms with Gasteiger partial charge in [-0.05, 0) is 19.1 Å². The minimum atomic E-state index is 0. The first-order chi connectivity index (χ1) is 11.1. The molecule has 0 amide bonds. The van der Waals surface area contributed by atoms with Crippen molar-refractivity contribution in [3.05, 3.63) is 72.3 Å². The van der Waals surface area contributed by atoms with E-state index in [4.69, 9.17) is 5.73 Å².